The Bertz CT molecular complexity index is 410. The van der Waals surface area contributed by atoms with Crippen LogP contribution in [0.25, 0.3) is 10.2 Å². The molecule has 0 fully saturated rings. The molecule has 1 nitrogen and oxygen atoms in total. The lowest BCUT2D eigenvalue weighted by Crippen LogP contribution is -1.98. The fourth-order valence-electron chi connectivity index (χ4n) is 1.10. The quantitative estimate of drug-likeness (QED) is 0.499. The van der Waals surface area contributed by atoms with Crippen molar-refractivity contribution in [1.82, 2.24) is 4.98 Å². The van der Waals surface area contributed by atoms with Gasteiger partial charge in [-0.25, -0.2) is 4.98 Å². The van der Waals surface area contributed by atoms with Gasteiger partial charge in [-0.15, -0.1) is 11.3 Å². The van der Waals surface area contributed by atoms with Crippen molar-refractivity contribution in [1.29, 1.82) is 0 Å². The number of benzene rings is 1. The fraction of sp³-hybridized carbons (Fsp3) is 0.125. The molecule has 0 saturated carbocycles. The predicted octanol–water partition coefficient (Wildman–Crippen LogP) is 1.28. The van der Waals surface area contributed by atoms with E-state index < -0.39 is 0 Å². The number of rotatable bonds is 1. The van der Waals surface area contributed by atoms with E-state index in [1.165, 1.54) is 10.2 Å². The van der Waals surface area contributed by atoms with Crippen LogP contribution in [-0.4, -0.2) is 19.1 Å². The number of hydrogen-bond donors (Lipinski definition) is 0. The van der Waals surface area contributed by atoms with Crippen molar-refractivity contribution in [3.8, 4) is 0 Å². The number of hydrogen-bond acceptors (Lipinski definition) is 3. The molecule has 0 aliphatic carbocycles. The summed E-state index contributed by atoms with van der Waals surface area (Å²) in [4.78, 5) is 4.45. The molecule has 0 spiro atoms. The third-order valence-electron chi connectivity index (χ3n) is 1.70. The third kappa shape index (κ3) is 1.36. The van der Waals surface area contributed by atoms with E-state index in [0.29, 0.717) is 0 Å². The Balaban J connectivity index is 2.67. The summed E-state index contributed by atoms with van der Waals surface area (Å²) in [7, 11) is 2.11. The van der Waals surface area contributed by atoms with Crippen molar-refractivity contribution >= 4 is 46.6 Å². The molecule has 4 heteroatoms. The molecule has 0 bridgehead atoms. The number of thioether (sulfide) groups is 1. The van der Waals surface area contributed by atoms with Crippen LogP contribution in [0.1, 0.15) is 0 Å². The second-order valence-electron chi connectivity index (χ2n) is 2.66. The van der Waals surface area contributed by atoms with Gasteiger partial charge >= 0.3 is 0 Å². The van der Waals surface area contributed by atoms with Crippen LogP contribution >= 0.6 is 23.1 Å². The van der Waals surface area contributed by atoms with Gasteiger partial charge in [-0.1, -0.05) is 23.3 Å². The molecule has 0 aliphatic rings. The second-order valence-corrected chi connectivity index (χ2v) is 4.74. The Morgan fingerprint density at radius 3 is 3.08 bits per heavy atom. The molecule has 0 saturated heterocycles. The molecule has 0 atom stereocenters. The highest BCUT2D eigenvalue weighted by Crippen LogP contribution is 2.26. The average Bonchev–Trinajstić information content (AvgIpc) is 2.46. The normalized spacial score (nSPS) is 10.8. The van der Waals surface area contributed by atoms with E-state index in [1.54, 1.807) is 23.1 Å². The number of fused-ring (bicyclic) bond motifs is 1. The maximum absolute atomic E-state index is 4.45. The molecule has 0 amide bonds. The summed E-state index contributed by atoms with van der Waals surface area (Å²) in [6.07, 6.45) is 2.06. The van der Waals surface area contributed by atoms with Crippen molar-refractivity contribution in [2.24, 2.45) is 0 Å². The SMILES string of the molecule is Bc1ccc2nc(SC)sc2c1. The molecule has 1 aromatic heterocycles. The summed E-state index contributed by atoms with van der Waals surface area (Å²) < 4.78 is 2.44. The van der Waals surface area contributed by atoms with Gasteiger partial charge in [-0.05, 0) is 18.4 Å². The van der Waals surface area contributed by atoms with Crippen molar-refractivity contribution < 1.29 is 0 Å². The molecule has 0 radical (unpaired) electrons. The number of aromatic nitrogens is 1. The Hall–Kier alpha value is -0.475. The van der Waals surface area contributed by atoms with Crippen molar-refractivity contribution in [3.63, 3.8) is 0 Å². The summed E-state index contributed by atoms with van der Waals surface area (Å²) in [5.74, 6) is 0. The van der Waals surface area contributed by atoms with E-state index >= 15 is 0 Å². The van der Waals surface area contributed by atoms with Gasteiger partial charge in [0.1, 0.15) is 7.85 Å². The van der Waals surface area contributed by atoms with Crippen LogP contribution in [0.15, 0.2) is 22.5 Å². The van der Waals surface area contributed by atoms with E-state index in [-0.39, 0.29) is 0 Å². The molecule has 0 unspecified atom stereocenters. The first-order chi connectivity index (χ1) is 5.79. The van der Waals surface area contributed by atoms with Crippen LogP contribution in [-0.2, 0) is 0 Å². The molecular formula is C8H8BNS2. The Morgan fingerprint density at radius 2 is 2.33 bits per heavy atom. The standard InChI is InChI=1S/C8H8BNS2/c1-11-8-10-6-3-2-5(9)4-7(6)12-8/h2-4H,9H2,1H3. The van der Waals surface area contributed by atoms with Crippen LogP contribution in [0.2, 0.25) is 0 Å². The smallest absolute Gasteiger partial charge is 0.150 e. The summed E-state index contributed by atoms with van der Waals surface area (Å²) in [5, 5.41) is 0. The Morgan fingerprint density at radius 1 is 1.50 bits per heavy atom. The van der Waals surface area contributed by atoms with E-state index in [0.717, 1.165) is 9.86 Å². The summed E-state index contributed by atoms with van der Waals surface area (Å²) in [5.41, 5.74) is 2.42. The van der Waals surface area contributed by atoms with Gasteiger partial charge in [0.05, 0.1) is 10.2 Å². The van der Waals surface area contributed by atoms with Crippen LogP contribution in [0.3, 0.4) is 0 Å². The fourth-order valence-corrected chi connectivity index (χ4v) is 2.69. The van der Waals surface area contributed by atoms with E-state index in [1.807, 2.05) is 0 Å². The largest absolute Gasteiger partial charge is 0.230 e. The molecular weight excluding hydrogens is 185 g/mol. The highest BCUT2D eigenvalue weighted by atomic mass is 32.2. The minimum absolute atomic E-state index is 1.12. The lowest BCUT2D eigenvalue weighted by Gasteiger charge is -1.88. The molecule has 60 valence electrons. The Labute approximate surface area is 80.6 Å². The zero-order valence-electron chi connectivity index (χ0n) is 7.00. The van der Waals surface area contributed by atoms with Gasteiger partial charge in [-0.3, -0.25) is 0 Å². The molecule has 0 aliphatic heterocycles. The van der Waals surface area contributed by atoms with Gasteiger partial charge in [-0.2, -0.15) is 0 Å². The lowest BCUT2D eigenvalue weighted by molar-refractivity contribution is 1.31. The second kappa shape index (κ2) is 3.11. The van der Waals surface area contributed by atoms with Crippen LogP contribution < -0.4 is 5.46 Å². The van der Waals surface area contributed by atoms with Gasteiger partial charge in [0.2, 0.25) is 0 Å². The summed E-state index contributed by atoms with van der Waals surface area (Å²) >= 11 is 3.47. The highest BCUT2D eigenvalue weighted by Gasteiger charge is 2.01. The maximum Gasteiger partial charge on any atom is 0.150 e. The molecule has 0 N–H and O–H groups in total. The minimum Gasteiger partial charge on any atom is -0.230 e. The molecule has 2 aromatic rings. The first kappa shape index (κ1) is 8.14. The minimum atomic E-state index is 1.12. The van der Waals surface area contributed by atoms with Crippen molar-refractivity contribution in [2.75, 3.05) is 6.26 Å². The number of nitrogens with zero attached hydrogens (tertiary/aromatic N) is 1. The van der Waals surface area contributed by atoms with Gasteiger partial charge in [0, 0.05) is 0 Å². The van der Waals surface area contributed by atoms with E-state index in [2.05, 4.69) is 37.3 Å². The van der Waals surface area contributed by atoms with Crippen LogP contribution in [0.5, 0.6) is 0 Å². The first-order valence-electron chi connectivity index (χ1n) is 3.71. The maximum atomic E-state index is 4.45. The molecule has 12 heavy (non-hydrogen) atoms. The van der Waals surface area contributed by atoms with E-state index in [9.17, 15) is 0 Å². The van der Waals surface area contributed by atoms with Crippen molar-refractivity contribution in [3.05, 3.63) is 18.2 Å². The third-order valence-corrected chi connectivity index (χ3v) is 3.70. The van der Waals surface area contributed by atoms with Gasteiger partial charge in [0.15, 0.2) is 4.34 Å². The zero-order chi connectivity index (χ0) is 8.55. The monoisotopic (exact) mass is 193 g/mol. The highest BCUT2D eigenvalue weighted by molar-refractivity contribution is 8.00. The number of thiazole rings is 1. The van der Waals surface area contributed by atoms with Gasteiger partial charge < -0.3 is 0 Å². The molecule has 1 aromatic carbocycles. The first-order valence-corrected chi connectivity index (χ1v) is 5.75. The van der Waals surface area contributed by atoms with Crippen LogP contribution in [0, 0.1) is 0 Å². The summed E-state index contributed by atoms with van der Waals surface area (Å²) in [6.45, 7) is 0. The summed E-state index contributed by atoms with van der Waals surface area (Å²) in [6, 6.07) is 6.37. The Kier molecular flexibility index (Phi) is 2.11. The molecule has 2 rings (SSSR count). The predicted molar refractivity (Wildman–Crippen MR) is 59.6 cm³/mol. The van der Waals surface area contributed by atoms with E-state index in [4.69, 9.17) is 0 Å². The molecule has 1 heterocycles. The van der Waals surface area contributed by atoms with Gasteiger partial charge in [0.25, 0.3) is 0 Å². The van der Waals surface area contributed by atoms with Crippen LogP contribution in [0.4, 0.5) is 0 Å². The average molecular weight is 193 g/mol. The van der Waals surface area contributed by atoms with Crippen molar-refractivity contribution in [2.45, 2.75) is 4.34 Å². The zero-order valence-corrected chi connectivity index (χ0v) is 8.63. The lowest BCUT2D eigenvalue weighted by atomic mass is 9.97. The topological polar surface area (TPSA) is 12.9 Å².